The molecular formula is C23H25ClN4O. The number of hydrogen-bond donors (Lipinski definition) is 1. The van der Waals surface area contributed by atoms with Crippen LogP contribution in [0.5, 0.6) is 0 Å². The van der Waals surface area contributed by atoms with Crippen LogP contribution in [0.4, 0.5) is 10.5 Å². The summed E-state index contributed by atoms with van der Waals surface area (Å²) in [7, 11) is 0. The summed E-state index contributed by atoms with van der Waals surface area (Å²) in [6.07, 6.45) is 8.10. The van der Waals surface area contributed by atoms with Gasteiger partial charge in [-0.1, -0.05) is 30.7 Å². The van der Waals surface area contributed by atoms with Gasteiger partial charge in [0.25, 0.3) is 0 Å². The number of aromatic nitrogens is 2. The van der Waals surface area contributed by atoms with Crippen molar-refractivity contribution < 1.29 is 4.79 Å². The number of benzene rings is 1. The van der Waals surface area contributed by atoms with Crippen LogP contribution in [0.3, 0.4) is 0 Å². The van der Waals surface area contributed by atoms with Crippen molar-refractivity contribution in [3.8, 4) is 0 Å². The lowest BCUT2D eigenvalue weighted by Crippen LogP contribution is -2.38. The fourth-order valence-electron chi connectivity index (χ4n) is 3.81. The molecule has 0 aliphatic carbocycles. The van der Waals surface area contributed by atoms with Gasteiger partial charge >= 0.3 is 6.03 Å². The monoisotopic (exact) mass is 408 g/mol. The number of anilines is 1. The van der Waals surface area contributed by atoms with Crippen LogP contribution in [0.2, 0.25) is 5.02 Å². The topological polar surface area (TPSA) is 50.2 Å². The number of aryl methyl sites for hydroxylation is 2. The molecule has 1 aliphatic rings. The van der Waals surface area contributed by atoms with Crippen molar-refractivity contribution in [1.29, 1.82) is 0 Å². The third-order valence-corrected chi connectivity index (χ3v) is 5.62. The first-order valence-electron chi connectivity index (χ1n) is 10.0. The number of carbonyl (C=O) groups excluding carboxylic acids is 1. The minimum absolute atomic E-state index is 0.0965. The number of hydrogen-bond acceptors (Lipinski definition) is 2. The summed E-state index contributed by atoms with van der Waals surface area (Å²) in [6.45, 7) is 6.35. The molecule has 0 spiro atoms. The third-order valence-electron chi connectivity index (χ3n) is 5.38. The molecule has 0 atom stereocenters. The first-order chi connectivity index (χ1) is 14.1. The van der Waals surface area contributed by atoms with E-state index in [9.17, 15) is 4.79 Å². The quantitative estimate of drug-likeness (QED) is 0.599. The predicted octanol–water partition coefficient (Wildman–Crippen LogP) is 5.73. The Morgan fingerprint density at radius 2 is 2.17 bits per heavy atom. The summed E-state index contributed by atoms with van der Waals surface area (Å²) >= 11 is 6.06. The molecule has 3 heterocycles. The predicted molar refractivity (Wildman–Crippen MR) is 119 cm³/mol. The van der Waals surface area contributed by atoms with Crippen molar-refractivity contribution in [1.82, 2.24) is 14.5 Å². The molecule has 1 aromatic carbocycles. The highest BCUT2D eigenvalue weighted by molar-refractivity contribution is 6.31. The number of nitrogens with zero attached hydrogens (tertiary/aromatic N) is 3. The molecule has 0 fully saturated rings. The summed E-state index contributed by atoms with van der Waals surface area (Å²) < 4.78 is 2.23. The number of urea groups is 1. The Kier molecular flexibility index (Phi) is 5.58. The van der Waals surface area contributed by atoms with Crippen LogP contribution in [0, 0.1) is 6.92 Å². The maximum absolute atomic E-state index is 12.7. The largest absolute Gasteiger partial charge is 0.332 e. The van der Waals surface area contributed by atoms with Gasteiger partial charge in [0.15, 0.2) is 0 Å². The van der Waals surface area contributed by atoms with E-state index >= 15 is 0 Å². The van der Waals surface area contributed by atoms with Crippen molar-refractivity contribution in [2.24, 2.45) is 0 Å². The molecule has 5 nitrogen and oxygen atoms in total. The molecule has 2 aromatic heterocycles. The first kappa shape index (κ1) is 19.5. The summed E-state index contributed by atoms with van der Waals surface area (Å²) in [6, 6.07) is 9.54. The third kappa shape index (κ3) is 4.01. The van der Waals surface area contributed by atoms with Gasteiger partial charge in [0.05, 0.1) is 0 Å². The number of amides is 2. The normalized spacial score (nSPS) is 14.2. The second-order valence-corrected chi connectivity index (χ2v) is 7.86. The van der Waals surface area contributed by atoms with Gasteiger partial charge in [-0.2, -0.15) is 0 Å². The second kappa shape index (κ2) is 8.29. The van der Waals surface area contributed by atoms with Crippen LogP contribution in [0.15, 0.2) is 48.8 Å². The Morgan fingerprint density at radius 3 is 2.93 bits per heavy atom. The lowest BCUT2D eigenvalue weighted by atomic mass is 10.00. The number of fused-ring (bicyclic) bond motifs is 1. The first-order valence-corrected chi connectivity index (χ1v) is 10.4. The van der Waals surface area contributed by atoms with Crippen LogP contribution in [-0.4, -0.2) is 33.6 Å². The Hall–Kier alpha value is -2.79. The number of pyridine rings is 1. The number of rotatable bonds is 4. The minimum Gasteiger partial charge on any atom is -0.332 e. The van der Waals surface area contributed by atoms with E-state index in [1.54, 1.807) is 6.07 Å². The molecule has 0 unspecified atom stereocenters. The molecule has 3 aromatic rings. The van der Waals surface area contributed by atoms with E-state index in [0.29, 0.717) is 18.1 Å². The van der Waals surface area contributed by atoms with Gasteiger partial charge in [0.1, 0.15) is 5.65 Å². The Morgan fingerprint density at radius 1 is 1.31 bits per heavy atom. The summed E-state index contributed by atoms with van der Waals surface area (Å²) in [5, 5.41) is 4.78. The zero-order chi connectivity index (χ0) is 20.4. The maximum atomic E-state index is 12.7. The van der Waals surface area contributed by atoms with Crippen molar-refractivity contribution in [2.45, 2.75) is 33.2 Å². The highest BCUT2D eigenvalue weighted by Crippen LogP contribution is 2.30. The van der Waals surface area contributed by atoms with E-state index in [-0.39, 0.29) is 6.03 Å². The van der Waals surface area contributed by atoms with E-state index in [2.05, 4.69) is 40.1 Å². The van der Waals surface area contributed by atoms with Crippen LogP contribution < -0.4 is 5.32 Å². The van der Waals surface area contributed by atoms with E-state index in [1.165, 1.54) is 16.5 Å². The molecule has 150 valence electrons. The Bertz CT molecular complexity index is 1090. The Balaban J connectivity index is 1.52. The summed E-state index contributed by atoms with van der Waals surface area (Å²) in [4.78, 5) is 19.1. The molecular weight excluding hydrogens is 384 g/mol. The fourth-order valence-corrected chi connectivity index (χ4v) is 3.98. The number of halogens is 1. The summed E-state index contributed by atoms with van der Waals surface area (Å²) in [5.41, 5.74) is 5.29. The molecule has 2 amide bonds. The second-order valence-electron chi connectivity index (χ2n) is 7.43. The average molecular weight is 409 g/mol. The molecule has 1 aliphatic heterocycles. The molecule has 4 rings (SSSR count). The maximum Gasteiger partial charge on any atom is 0.322 e. The van der Waals surface area contributed by atoms with Crippen molar-refractivity contribution >= 4 is 39.9 Å². The lowest BCUT2D eigenvalue weighted by Gasteiger charge is -2.27. The highest BCUT2D eigenvalue weighted by Gasteiger charge is 2.21. The van der Waals surface area contributed by atoms with E-state index < -0.39 is 0 Å². The number of nitrogens with one attached hydrogen (secondary N) is 1. The van der Waals surface area contributed by atoms with Gasteiger partial charge in [0, 0.05) is 53.7 Å². The standard InChI is InChI=1S/C23H25ClN4O/c1-3-11-28-15-20(19-5-4-10-25-22(19)28)17-8-12-27(13-9-17)23(29)26-21-14-18(24)7-6-16(21)2/h4-8,10,14-15H,3,9,11-13H2,1-2H3,(H,26,29). The minimum atomic E-state index is -0.0965. The number of carbonyl (C=O) groups is 1. The van der Waals surface area contributed by atoms with Gasteiger partial charge in [-0.05, 0) is 55.2 Å². The van der Waals surface area contributed by atoms with Crippen LogP contribution in [0.25, 0.3) is 16.6 Å². The average Bonchev–Trinajstić information content (AvgIpc) is 3.10. The smallest absolute Gasteiger partial charge is 0.322 e. The molecule has 6 heteroatoms. The van der Waals surface area contributed by atoms with Crippen molar-refractivity contribution in [3.63, 3.8) is 0 Å². The van der Waals surface area contributed by atoms with Crippen LogP contribution in [0.1, 0.15) is 30.9 Å². The van der Waals surface area contributed by atoms with Gasteiger partial charge in [-0.3, -0.25) is 0 Å². The van der Waals surface area contributed by atoms with Crippen LogP contribution in [-0.2, 0) is 6.54 Å². The SMILES string of the molecule is CCCn1cc(C2=CCN(C(=O)Nc3cc(Cl)ccc3C)CC2)c2cccnc21. The van der Waals surface area contributed by atoms with Crippen molar-refractivity contribution in [2.75, 3.05) is 18.4 Å². The van der Waals surface area contributed by atoms with Crippen LogP contribution >= 0.6 is 11.6 Å². The highest BCUT2D eigenvalue weighted by atomic mass is 35.5. The molecule has 0 radical (unpaired) electrons. The molecule has 29 heavy (non-hydrogen) atoms. The molecule has 0 saturated carbocycles. The summed E-state index contributed by atoms with van der Waals surface area (Å²) in [5.74, 6) is 0. The molecule has 0 saturated heterocycles. The van der Waals surface area contributed by atoms with Crippen molar-refractivity contribution in [3.05, 3.63) is 65.0 Å². The van der Waals surface area contributed by atoms with E-state index in [4.69, 9.17) is 11.6 Å². The van der Waals surface area contributed by atoms with Gasteiger partial charge in [0.2, 0.25) is 0 Å². The fraction of sp³-hybridized carbons (Fsp3) is 0.304. The Labute approximate surface area is 176 Å². The zero-order valence-electron chi connectivity index (χ0n) is 16.8. The zero-order valence-corrected chi connectivity index (χ0v) is 17.5. The molecule has 0 bridgehead atoms. The van der Waals surface area contributed by atoms with Gasteiger partial charge in [-0.15, -0.1) is 0 Å². The van der Waals surface area contributed by atoms with E-state index in [1.807, 2.05) is 36.2 Å². The lowest BCUT2D eigenvalue weighted by molar-refractivity contribution is 0.217. The molecule has 1 N–H and O–H groups in total. The van der Waals surface area contributed by atoms with Gasteiger partial charge in [-0.25, -0.2) is 9.78 Å². The van der Waals surface area contributed by atoms with E-state index in [0.717, 1.165) is 36.3 Å². The van der Waals surface area contributed by atoms with Gasteiger partial charge < -0.3 is 14.8 Å².